The molecule has 0 aromatic carbocycles. The highest BCUT2D eigenvalue weighted by Crippen LogP contribution is 2.27. The van der Waals surface area contributed by atoms with Gasteiger partial charge in [-0.05, 0) is 58.8 Å². The third-order valence-electron chi connectivity index (χ3n) is 4.89. The van der Waals surface area contributed by atoms with E-state index in [4.69, 9.17) is 0 Å². The third kappa shape index (κ3) is 2.87. The summed E-state index contributed by atoms with van der Waals surface area (Å²) >= 11 is 0. The predicted molar refractivity (Wildman–Crippen MR) is 74.4 cm³/mol. The molecule has 1 aliphatic heterocycles. The maximum absolute atomic E-state index is 12.3. The van der Waals surface area contributed by atoms with Crippen LogP contribution in [0.3, 0.4) is 0 Å². The maximum atomic E-state index is 12.3. The first kappa shape index (κ1) is 13.9. The zero-order valence-corrected chi connectivity index (χ0v) is 12.3. The largest absolute Gasteiger partial charge is 0.352 e. The van der Waals surface area contributed by atoms with Gasteiger partial charge >= 0.3 is 0 Å². The normalized spacial score (nSPS) is 38.9. The molecule has 3 nitrogen and oxygen atoms in total. The van der Waals surface area contributed by atoms with Gasteiger partial charge in [-0.15, -0.1) is 0 Å². The van der Waals surface area contributed by atoms with E-state index in [1.54, 1.807) is 0 Å². The van der Waals surface area contributed by atoms with Crippen molar-refractivity contribution < 1.29 is 4.79 Å². The fourth-order valence-electron chi connectivity index (χ4n) is 3.77. The minimum Gasteiger partial charge on any atom is -0.352 e. The monoisotopic (exact) mass is 252 g/mol. The second-order valence-corrected chi connectivity index (χ2v) is 6.52. The Morgan fingerprint density at radius 3 is 2.22 bits per heavy atom. The second-order valence-electron chi connectivity index (χ2n) is 6.52. The van der Waals surface area contributed by atoms with Crippen LogP contribution in [0.15, 0.2) is 0 Å². The van der Waals surface area contributed by atoms with Gasteiger partial charge in [0.25, 0.3) is 0 Å². The summed E-state index contributed by atoms with van der Waals surface area (Å²) in [6.07, 6.45) is 6.02. The van der Waals surface area contributed by atoms with E-state index in [-0.39, 0.29) is 11.9 Å². The van der Waals surface area contributed by atoms with Crippen molar-refractivity contribution in [3.63, 3.8) is 0 Å². The minimum absolute atomic E-state index is 0.0217. The van der Waals surface area contributed by atoms with Crippen molar-refractivity contribution in [2.45, 2.75) is 84.0 Å². The van der Waals surface area contributed by atoms with Crippen LogP contribution in [0.25, 0.3) is 0 Å². The number of rotatable bonds is 3. The third-order valence-corrected chi connectivity index (χ3v) is 4.89. The average Bonchev–Trinajstić information content (AvgIpc) is 2.85. The van der Waals surface area contributed by atoms with Gasteiger partial charge in [0.05, 0.1) is 6.04 Å². The van der Waals surface area contributed by atoms with Crippen LogP contribution >= 0.6 is 0 Å². The molecule has 18 heavy (non-hydrogen) atoms. The molecule has 1 heterocycles. The fraction of sp³-hybridized carbons (Fsp3) is 0.933. The van der Waals surface area contributed by atoms with Crippen LogP contribution in [-0.2, 0) is 4.79 Å². The Morgan fingerprint density at radius 1 is 1.11 bits per heavy atom. The molecule has 5 unspecified atom stereocenters. The van der Waals surface area contributed by atoms with Crippen molar-refractivity contribution in [1.82, 2.24) is 10.2 Å². The van der Waals surface area contributed by atoms with E-state index >= 15 is 0 Å². The van der Waals surface area contributed by atoms with E-state index < -0.39 is 0 Å². The molecule has 1 saturated heterocycles. The minimum atomic E-state index is 0.0217. The molecule has 104 valence electrons. The summed E-state index contributed by atoms with van der Waals surface area (Å²) in [7, 11) is 0. The molecule has 2 aliphatic rings. The first-order chi connectivity index (χ1) is 8.49. The van der Waals surface area contributed by atoms with Crippen molar-refractivity contribution in [2.75, 3.05) is 0 Å². The van der Waals surface area contributed by atoms with E-state index in [9.17, 15) is 4.79 Å². The Hall–Kier alpha value is -0.570. The molecule has 5 atom stereocenters. The zero-order valence-electron chi connectivity index (χ0n) is 12.3. The van der Waals surface area contributed by atoms with Gasteiger partial charge in [0.1, 0.15) is 0 Å². The summed E-state index contributed by atoms with van der Waals surface area (Å²) < 4.78 is 0. The van der Waals surface area contributed by atoms with Crippen LogP contribution in [0.1, 0.15) is 59.8 Å². The lowest BCUT2D eigenvalue weighted by Crippen LogP contribution is -2.51. The Labute approximate surface area is 111 Å². The molecule has 1 N–H and O–H groups in total. The quantitative estimate of drug-likeness (QED) is 0.837. The molecule has 0 radical (unpaired) electrons. The molecule has 3 heteroatoms. The molecule has 2 fully saturated rings. The highest BCUT2D eigenvalue weighted by atomic mass is 16.2. The number of likely N-dealkylation sites (tertiary alicyclic amines) is 1. The van der Waals surface area contributed by atoms with Gasteiger partial charge in [0.15, 0.2) is 0 Å². The smallest absolute Gasteiger partial charge is 0.237 e. The first-order valence-corrected chi connectivity index (χ1v) is 7.56. The molecule has 0 spiro atoms. The van der Waals surface area contributed by atoms with Crippen LogP contribution in [-0.4, -0.2) is 35.0 Å². The van der Waals surface area contributed by atoms with Gasteiger partial charge < -0.3 is 5.32 Å². The lowest BCUT2D eigenvalue weighted by Gasteiger charge is -2.32. The Morgan fingerprint density at radius 2 is 1.72 bits per heavy atom. The van der Waals surface area contributed by atoms with E-state index in [1.165, 1.54) is 19.3 Å². The van der Waals surface area contributed by atoms with E-state index in [1.807, 2.05) is 0 Å². The summed E-state index contributed by atoms with van der Waals surface area (Å²) in [4.78, 5) is 14.7. The van der Waals surface area contributed by atoms with Gasteiger partial charge in [-0.1, -0.05) is 6.92 Å². The van der Waals surface area contributed by atoms with E-state index in [0.717, 1.165) is 18.8 Å². The highest BCUT2D eigenvalue weighted by molar-refractivity contribution is 5.81. The number of nitrogens with one attached hydrogen (secondary N) is 1. The van der Waals surface area contributed by atoms with E-state index in [2.05, 4.69) is 37.9 Å². The van der Waals surface area contributed by atoms with Crippen molar-refractivity contribution in [2.24, 2.45) is 5.92 Å². The molecule has 1 aliphatic carbocycles. The highest BCUT2D eigenvalue weighted by Gasteiger charge is 2.35. The number of hydrogen-bond donors (Lipinski definition) is 1. The van der Waals surface area contributed by atoms with Crippen molar-refractivity contribution >= 4 is 5.91 Å². The van der Waals surface area contributed by atoms with Gasteiger partial charge in [0.2, 0.25) is 5.91 Å². The summed E-state index contributed by atoms with van der Waals surface area (Å²) in [5, 5.41) is 3.25. The number of carbonyl (C=O) groups is 1. The van der Waals surface area contributed by atoms with Crippen LogP contribution in [0.4, 0.5) is 0 Å². The van der Waals surface area contributed by atoms with Crippen LogP contribution in [0.5, 0.6) is 0 Å². The van der Waals surface area contributed by atoms with Crippen molar-refractivity contribution in [1.29, 1.82) is 0 Å². The van der Waals surface area contributed by atoms with Gasteiger partial charge in [-0.25, -0.2) is 0 Å². The number of nitrogens with zero attached hydrogens (tertiary/aromatic N) is 1. The molecule has 2 rings (SSSR count). The van der Waals surface area contributed by atoms with Gasteiger partial charge in [0, 0.05) is 18.1 Å². The number of amides is 1. The average molecular weight is 252 g/mol. The zero-order chi connectivity index (χ0) is 13.3. The second kappa shape index (κ2) is 5.60. The lowest BCUT2D eigenvalue weighted by molar-refractivity contribution is -0.127. The lowest BCUT2D eigenvalue weighted by atomic mass is 10.1. The topological polar surface area (TPSA) is 32.3 Å². The van der Waals surface area contributed by atoms with Crippen LogP contribution < -0.4 is 5.32 Å². The first-order valence-electron chi connectivity index (χ1n) is 7.56. The standard InChI is InChI=1S/C15H28N2O/c1-10-5-8-14(9-10)16-15(18)13(4)17-11(2)6-7-12(17)3/h10-14H,5-9H2,1-4H3,(H,16,18). The molecule has 0 aromatic heterocycles. The molecule has 0 bridgehead atoms. The molecule has 0 aromatic rings. The summed E-state index contributed by atoms with van der Waals surface area (Å²) in [6.45, 7) is 8.82. The molecule has 1 amide bonds. The summed E-state index contributed by atoms with van der Waals surface area (Å²) in [5.74, 6) is 1.00. The fourth-order valence-corrected chi connectivity index (χ4v) is 3.77. The van der Waals surface area contributed by atoms with Gasteiger partial charge in [-0.3, -0.25) is 9.69 Å². The maximum Gasteiger partial charge on any atom is 0.237 e. The van der Waals surface area contributed by atoms with Crippen molar-refractivity contribution in [3.8, 4) is 0 Å². The Kier molecular flexibility index (Phi) is 4.31. The Bertz CT molecular complexity index is 295. The Balaban J connectivity index is 1.88. The van der Waals surface area contributed by atoms with Gasteiger partial charge in [-0.2, -0.15) is 0 Å². The molecule has 1 saturated carbocycles. The van der Waals surface area contributed by atoms with Crippen molar-refractivity contribution in [3.05, 3.63) is 0 Å². The predicted octanol–water partition coefficient (Wildman–Crippen LogP) is 2.55. The summed E-state index contributed by atoms with van der Waals surface area (Å²) in [5.41, 5.74) is 0. The number of hydrogen-bond acceptors (Lipinski definition) is 2. The van der Waals surface area contributed by atoms with E-state index in [0.29, 0.717) is 18.1 Å². The van der Waals surface area contributed by atoms with Crippen LogP contribution in [0.2, 0.25) is 0 Å². The molecular formula is C15H28N2O. The SMILES string of the molecule is CC1CCC(NC(=O)C(C)N2C(C)CCC2C)C1. The number of carbonyl (C=O) groups excluding carboxylic acids is 1. The molecular weight excluding hydrogens is 224 g/mol. The van der Waals surface area contributed by atoms with Crippen LogP contribution in [0, 0.1) is 5.92 Å². The summed E-state index contributed by atoms with van der Waals surface area (Å²) in [6, 6.07) is 1.53.